The van der Waals surface area contributed by atoms with E-state index in [4.69, 9.17) is 14.2 Å². The second-order valence-electron chi connectivity index (χ2n) is 6.50. The molecule has 0 fully saturated rings. The monoisotopic (exact) mass is 409 g/mol. The van der Waals surface area contributed by atoms with Gasteiger partial charge >= 0.3 is 0 Å². The second kappa shape index (κ2) is 11.4. The highest BCUT2D eigenvalue weighted by molar-refractivity contribution is 5.97. The molecule has 0 aliphatic rings. The van der Waals surface area contributed by atoms with Crippen LogP contribution in [0, 0.1) is 11.3 Å². The fourth-order valence-electron chi connectivity index (χ4n) is 2.92. The molecule has 1 amide bonds. The Morgan fingerprint density at radius 2 is 1.77 bits per heavy atom. The molecule has 7 heteroatoms. The van der Waals surface area contributed by atoms with Crippen LogP contribution in [0.4, 0.5) is 0 Å². The van der Waals surface area contributed by atoms with E-state index >= 15 is 0 Å². The van der Waals surface area contributed by atoms with Gasteiger partial charge in [-0.2, -0.15) is 5.26 Å². The van der Waals surface area contributed by atoms with Crippen molar-refractivity contribution in [3.8, 4) is 23.3 Å². The van der Waals surface area contributed by atoms with Crippen LogP contribution < -0.4 is 24.8 Å². The summed E-state index contributed by atoms with van der Waals surface area (Å²) in [5, 5.41) is 15.2. The third-order valence-corrected chi connectivity index (χ3v) is 4.60. The molecule has 1 atom stereocenters. The van der Waals surface area contributed by atoms with Crippen molar-refractivity contribution >= 4 is 5.91 Å². The summed E-state index contributed by atoms with van der Waals surface area (Å²) in [5.74, 6) is 1.54. The first-order valence-electron chi connectivity index (χ1n) is 9.52. The van der Waals surface area contributed by atoms with Crippen LogP contribution in [0.25, 0.3) is 0 Å². The van der Waals surface area contributed by atoms with Crippen LogP contribution in [0.2, 0.25) is 0 Å². The van der Waals surface area contributed by atoms with Crippen molar-refractivity contribution in [1.82, 2.24) is 10.6 Å². The van der Waals surface area contributed by atoms with Crippen LogP contribution in [-0.4, -0.2) is 33.8 Å². The van der Waals surface area contributed by atoms with Crippen molar-refractivity contribution in [1.29, 1.82) is 5.26 Å². The standard InChI is InChI=1S/C23H27N3O4/c1-16(18-9-10-21(29-3)22(13-18)30-4)26-23(27)19(14-24)15-25-12-11-17-7-5-6-8-20(17)28-2/h5-10,13,15-16,25H,11-12H2,1-4H3,(H,26,27)/b19-15-. The summed E-state index contributed by atoms with van der Waals surface area (Å²) in [6, 6.07) is 14.8. The number of nitrogens with zero attached hydrogens (tertiary/aromatic N) is 1. The smallest absolute Gasteiger partial charge is 0.263 e. The van der Waals surface area contributed by atoms with Crippen molar-refractivity contribution in [2.45, 2.75) is 19.4 Å². The maximum atomic E-state index is 12.5. The van der Waals surface area contributed by atoms with E-state index in [1.807, 2.05) is 43.3 Å². The maximum absolute atomic E-state index is 12.5. The summed E-state index contributed by atoms with van der Waals surface area (Å²) in [6.07, 6.45) is 2.13. The number of para-hydroxylation sites is 1. The van der Waals surface area contributed by atoms with E-state index in [1.54, 1.807) is 33.5 Å². The number of amides is 1. The van der Waals surface area contributed by atoms with Crippen molar-refractivity contribution in [3.63, 3.8) is 0 Å². The molecule has 0 saturated heterocycles. The molecule has 0 aromatic heterocycles. The minimum Gasteiger partial charge on any atom is -0.496 e. The summed E-state index contributed by atoms with van der Waals surface area (Å²) in [5.41, 5.74) is 1.88. The van der Waals surface area contributed by atoms with Crippen molar-refractivity contribution in [2.24, 2.45) is 0 Å². The number of nitrogens with one attached hydrogen (secondary N) is 2. The summed E-state index contributed by atoms with van der Waals surface area (Å²) < 4.78 is 15.9. The van der Waals surface area contributed by atoms with Crippen LogP contribution in [0.15, 0.2) is 54.2 Å². The minimum absolute atomic E-state index is 0.00218. The topological polar surface area (TPSA) is 92.6 Å². The molecule has 0 spiro atoms. The van der Waals surface area contributed by atoms with E-state index in [9.17, 15) is 10.1 Å². The van der Waals surface area contributed by atoms with Crippen LogP contribution in [-0.2, 0) is 11.2 Å². The molecule has 2 aromatic rings. The zero-order chi connectivity index (χ0) is 21.9. The molecule has 0 radical (unpaired) electrons. The summed E-state index contributed by atoms with van der Waals surface area (Å²) in [4.78, 5) is 12.5. The van der Waals surface area contributed by atoms with Gasteiger partial charge in [-0.1, -0.05) is 24.3 Å². The number of carbonyl (C=O) groups excluding carboxylic acids is 1. The number of nitriles is 1. The number of rotatable bonds is 10. The third-order valence-electron chi connectivity index (χ3n) is 4.60. The minimum atomic E-state index is -0.454. The molecule has 0 bridgehead atoms. The molecule has 2 aromatic carbocycles. The van der Waals surface area contributed by atoms with E-state index in [2.05, 4.69) is 10.6 Å². The van der Waals surface area contributed by atoms with Gasteiger partial charge in [0, 0.05) is 12.7 Å². The Labute approximate surface area is 177 Å². The number of carbonyl (C=O) groups is 1. The first-order chi connectivity index (χ1) is 14.5. The van der Waals surface area contributed by atoms with E-state index in [0.717, 1.165) is 16.9 Å². The van der Waals surface area contributed by atoms with Crippen molar-refractivity contribution < 1.29 is 19.0 Å². The van der Waals surface area contributed by atoms with Gasteiger partial charge in [0.25, 0.3) is 5.91 Å². The number of hydrogen-bond donors (Lipinski definition) is 2. The van der Waals surface area contributed by atoms with E-state index in [0.29, 0.717) is 24.5 Å². The van der Waals surface area contributed by atoms with E-state index < -0.39 is 5.91 Å². The normalized spacial score (nSPS) is 11.8. The highest BCUT2D eigenvalue weighted by atomic mass is 16.5. The average molecular weight is 409 g/mol. The molecule has 7 nitrogen and oxygen atoms in total. The van der Waals surface area contributed by atoms with Gasteiger partial charge in [0.2, 0.25) is 0 Å². The predicted molar refractivity (Wildman–Crippen MR) is 115 cm³/mol. The molecule has 0 heterocycles. The predicted octanol–water partition coefficient (Wildman–Crippen LogP) is 3.13. The van der Waals surface area contributed by atoms with Gasteiger partial charge in [0.05, 0.1) is 27.4 Å². The molecular formula is C23H27N3O4. The Balaban J connectivity index is 1.96. The zero-order valence-corrected chi connectivity index (χ0v) is 17.7. The highest BCUT2D eigenvalue weighted by Gasteiger charge is 2.15. The summed E-state index contributed by atoms with van der Waals surface area (Å²) >= 11 is 0. The Hall–Kier alpha value is -3.66. The van der Waals surface area contributed by atoms with Crippen LogP contribution >= 0.6 is 0 Å². The molecule has 30 heavy (non-hydrogen) atoms. The van der Waals surface area contributed by atoms with E-state index in [-0.39, 0.29) is 11.6 Å². The lowest BCUT2D eigenvalue weighted by atomic mass is 10.1. The van der Waals surface area contributed by atoms with Crippen molar-refractivity contribution in [2.75, 3.05) is 27.9 Å². The second-order valence-corrected chi connectivity index (χ2v) is 6.50. The number of ether oxygens (including phenoxy) is 3. The van der Waals surface area contributed by atoms with Crippen molar-refractivity contribution in [3.05, 3.63) is 65.4 Å². The molecular weight excluding hydrogens is 382 g/mol. The van der Waals surface area contributed by atoms with Crippen LogP contribution in [0.1, 0.15) is 24.1 Å². The Kier molecular flexibility index (Phi) is 8.57. The number of hydrogen-bond acceptors (Lipinski definition) is 6. The quantitative estimate of drug-likeness (QED) is 0.356. The molecule has 2 rings (SSSR count). The van der Waals surface area contributed by atoms with E-state index in [1.165, 1.54) is 6.20 Å². The summed E-state index contributed by atoms with van der Waals surface area (Å²) in [6.45, 7) is 2.40. The maximum Gasteiger partial charge on any atom is 0.263 e. The third kappa shape index (κ3) is 5.92. The average Bonchev–Trinajstić information content (AvgIpc) is 2.78. The molecule has 0 aliphatic heterocycles. The first kappa shape index (κ1) is 22.6. The number of benzene rings is 2. The molecule has 0 saturated carbocycles. The van der Waals surface area contributed by atoms with Gasteiger partial charge in [-0.15, -0.1) is 0 Å². The Morgan fingerprint density at radius 3 is 2.43 bits per heavy atom. The highest BCUT2D eigenvalue weighted by Crippen LogP contribution is 2.29. The largest absolute Gasteiger partial charge is 0.496 e. The SMILES string of the molecule is COc1ccccc1CCN/C=C(/C#N)C(=O)NC(C)c1ccc(OC)c(OC)c1. The molecule has 158 valence electrons. The van der Waals surface area contributed by atoms with Gasteiger partial charge in [0.15, 0.2) is 11.5 Å². The molecule has 0 aliphatic carbocycles. The van der Waals surface area contributed by atoms with Gasteiger partial charge in [-0.25, -0.2) is 0 Å². The molecule has 1 unspecified atom stereocenters. The van der Waals surface area contributed by atoms with Gasteiger partial charge in [-0.05, 0) is 42.7 Å². The van der Waals surface area contributed by atoms with Gasteiger partial charge in [-0.3, -0.25) is 4.79 Å². The Bertz CT molecular complexity index is 934. The fraction of sp³-hybridized carbons (Fsp3) is 0.304. The van der Waals surface area contributed by atoms with Gasteiger partial charge in [0.1, 0.15) is 17.4 Å². The first-order valence-corrected chi connectivity index (χ1v) is 9.52. The lowest BCUT2D eigenvalue weighted by Gasteiger charge is -2.16. The summed E-state index contributed by atoms with van der Waals surface area (Å²) in [7, 11) is 4.75. The Morgan fingerprint density at radius 1 is 1.07 bits per heavy atom. The number of methoxy groups -OCH3 is 3. The lowest BCUT2D eigenvalue weighted by molar-refractivity contribution is -0.117. The molecule has 2 N–H and O–H groups in total. The van der Waals surface area contributed by atoms with Gasteiger partial charge < -0.3 is 24.8 Å². The fourth-order valence-corrected chi connectivity index (χ4v) is 2.92. The van der Waals surface area contributed by atoms with Crippen LogP contribution in [0.5, 0.6) is 17.2 Å². The van der Waals surface area contributed by atoms with Crippen LogP contribution in [0.3, 0.4) is 0 Å². The zero-order valence-electron chi connectivity index (χ0n) is 17.7. The lowest BCUT2D eigenvalue weighted by Crippen LogP contribution is -2.28.